The predicted octanol–water partition coefficient (Wildman–Crippen LogP) is 3.50. The first-order valence-electron chi connectivity index (χ1n) is 6.89. The maximum Gasteiger partial charge on any atom is 0.339 e. The van der Waals surface area contributed by atoms with Gasteiger partial charge in [-0.15, -0.1) is 0 Å². The van der Waals surface area contributed by atoms with Crippen molar-refractivity contribution >= 4 is 22.7 Å². The van der Waals surface area contributed by atoms with Gasteiger partial charge in [-0.25, -0.2) is 4.79 Å². The lowest BCUT2D eigenvalue weighted by molar-refractivity contribution is -0.139. The molecule has 1 N–H and O–H groups in total. The van der Waals surface area contributed by atoms with E-state index in [-0.39, 0.29) is 12.3 Å². The Hall–Kier alpha value is -2.36. The van der Waals surface area contributed by atoms with Crippen molar-refractivity contribution in [2.45, 2.75) is 26.4 Å². The molecule has 2 rings (SSSR count). The molecule has 4 heteroatoms. The minimum absolute atomic E-state index is 0.0555. The molecule has 0 saturated carbocycles. The Bertz CT molecular complexity index is 655. The van der Waals surface area contributed by atoms with Gasteiger partial charge in [-0.3, -0.25) is 4.79 Å². The Labute approximate surface area is 123 Å². The zero-order valence-corrected chi connectivity index (χ0v) is 12.1. The lowest BCUT2D eigenvalue weighted by atomic mass is 10.0. The summed E-state index contributed by atoms with van der Waals surface area (Å²) in [5.74, 6) is -1.51. The summed E-state index contributed by atoms with van der Waals surface area (Å²) >= 11 is 0. The molecule has 0 radical (unpaired) electrons. The fourth-order valence-electron chi connectivity index (χ4n) is 2.19. The summed E-state index contributed by atoms with van der Waals surface area (Å²) in [5.41, 5.74) is 0.462. The highest BCUT2D eigenvalue weighted by atomic mass is 16.5. The number of fused-ring (bicyclic) bond motifs is 1. The lowest BCUT2D eigenvalue weighted by Gasteiger charge is -2.20. The van der Waals surface area contributed by atoms with Crippen molar-refractivity contribution in [1.82, 2.24) is 0 Å². The smallest absolute Gasteiger partial charge is 0.339 e. The molecular formula is C17H18O4. The van der Waals surface area contributed by atoms with Crippen molar-refractivity contribution in [3.05, 3.63) is 48.0 Å². The van der Waals surface area contributed by atoms with Crippen molar-refractivity contribution in [2.75, 3.05) is 0 Å². The van der Waals surface area contributed by atoms with Gasteiger partial charge in [-0.1, -0.05) is 50.2 Å². The minimum Gasteiger partial charge on any atom is -0.481 e. The van der Waals surface area contributed by atoms with E-state index in [4.69, 9.17) is 9.84 Å². The van der Waals surface area contributed by atoms with Crippen molar-refractivity contribution in [1.29, 1.82) is 0 Å². The average Bonchev–Trinajstić information content (AvgIpc) is 2.45. The number of rotatable bonds is 5. The Morgan fingerprint density at radius 1 is 1.10 bits per heavy atom. The van der Waals surface area contributed by atoms with E-state index in [0.717, 1.165) is 10.8 Å². The molecule has 0 aliphatic heterocycles. The standard InChI is InChI=1S/C17H18O4/c1-11(2)15(10-16(18)19)21-17(20)14-9-5-7-12-6-3-4-8-13(12)14/h3-9,11,15H,10H2,1-2H3,(H,18,19). The number of carbonyl (C=O) groups is 2. The van der Waals surface area contributed by atoms with Crippen LogP contribution in [0.15, 0.2) is 42.5 Å². The van der Waals surface area contributed by atoms with Gasteiger partial charge in [0.25, 0.3) is 0 Å². The SMILES string of the molecule is CC(C)C(CC(=O)O)OC(=O)c1cccc2ccccc12. The summed E-state index contributed by atoms with van der Waals surface area (Å²) in [4.78, 5) is 23.2. The first kappa shape index (κ1) is 15.0. The number of carbonyl (C=O) groups excluding carboxylic acids is 1. The van der Waals surface area contributed by atoms with Crippen LogP contribution in [0.3, 0.4) is 0 Å². The third-order valence-corrected chi connectivity index (χ3v) is 3.39. The molecule has 0 aliphatic rings. The normalized spacial score (nSPS) is 12.3. The molecule has 0 aromatic heterocycles. The second-order valence-corrected chi connectivity index (χ2v) is 5.31. The van der Waals surface area contributed by atoms with Crippen LogP contribution in [0, 0.1) is 5.92 Å². The number of carboxylic acids is 1. The van der Waals surface area contributed by atoms with Crippen LogP contribution in [-0.2, 0) is 9.53 Å². The highest BCUT2D eigenvalue weighted by Crippen LogP contribution is 2.21. The highest BCUT2D eigenvalue weighted by molar-refractivity contribution is 6.04. The maximum atomic E-state index is 12.3. The van der Waals surface area contributed by atoms with E-state index in [9.17, 15) is 9.59 Å². The van der Waals surface area contributed by atoms with E-state index >= 15 is 0 Å². The Kier molecular flexibility index (Phi) is 4.58. The molecule has 0 spiro atoms. The van der Waals surface area contributed by atoms with Gasteiger partial charge in [0.2, 0.25) is 0 Å². The van der Waals surface area contributed by atoms with Crippen molar-refractivity contribution < 1.29 is 19.4 Å². The monoisotopic (exact) mass is 286 g/mol. The van der Waals surface area contributed by atoms with Crippen molar-refractivity contribution in [3.8, 4) is 0 Å². The van der Waals surface area contributed by atoms with E-state index in [1.807, 2.05) is 44.2 Å². The zero-order valence-electron chi connectivity index (χ0n) is 12.1. The molecule has 0 aliphatic carbocycles. The number of carboxylic acid groups (broad SMARTS) is 1. The average molecular weight is 286 g/mol. The van der Waals surface area contributed by atoms with Gasteiger partial charge in [-0.05, 0) is 22.8 Å². The third-order valence-electron chi connectivity index (χ3n) is 3.39. The minimum atomic E-state index is -0.973. The molecule has 2 aromatic rings. The van der Waals surface area contributed by atoms with E-state index in [1.165, 1.54) is 0 Å². The molecule has 21 heavy (non-hydrogen) atoms. The number of aliphatic carboxylic acids is 1. The molecule has 2 aromatic carbocycles. The Balaban J connectivity index is 2.27. The molecular weight excluding hydrogens is 268 g/mol. The van der Waals surface area contributed by atoms with Crippen LogP contribution in [0.4, 0.5) is 0 Å². The van der Waals surface area contributed by atoms with Gasteiger partial charge in [-0.2, -0.15) is 0 Å². The van der Waals surface area contributed by atoms with E-state index in [1.54, 1.807) is 12.1 Å². The van der Waals surface area contributed by atoms with Gasteiger partial charge in [0.15, 0.2) is 0 Å². The van der Waals surface area contributed by atoms with Crippen LogP contribution < -0.4 is 0 Å². The van der Waals surface area contributed by atoms with Crippen LogP contribution in [0.1, 0.15) is 30.6 Å². The van der Waals surface area contributed by atoms with Gasteiger partial charge >= 0.3 is 11.9 Å². The topological polar surface area (TPSA) is 63.6 Å². The van der Waals surface area contributed by atoms with Gasteiger partial charge < -0.3 is 9.84 Å². The third kappa shape index (κ3) is 3.60. The number of esters is 1. The van der Waals surface area contributed by atoms with Crippen LogP contribution in [0.25, 0.3) is 10.8 Å². The van der Waals surface area contributed by atoms with Gasteiger partial charge in [0.05, 0.1) is 12.0 Å². The Morgan fingerprint density at radius 3 is 2.43 bits per heavy atom. The number of hydrogen-bond acceptors (Lipinski definition) is 3. The van der Waals surface area contributed by atoms with Gasteiger partial charge in [0.1, 0.15) is 6.10 Å². The summed E-state index contributed by atoms with van der Waals surface area (Å²) < 4.78 is 5.40. The zero-order chi connectivity index (χ0) is 15.4. The maximum absolute atomic E-state index is 12.3. The molecule has 0 fully saturated rings. The fourth-order valence-corrected chi connectivity index (χ4v) is 2.19. The van der Waals surface area contributed by atoms with Crippen LogP contribution >= 0.6 is 0 Å². The molecule has 1 unspecified atom stereocenters. The number of hydrogen-bond donors (Lipinski definition) is 1. The molecule has 4 nitrogen and oxygen atoms in total. The van der Waals surface area contributed by atoms with E-state index < -0.39 is 18.0 Å². The predicted molar refractivity (Wildman–Crippen MR) is 80.2 cm³/mol. The number of ether oxygens (including phenoxy) is 1. The molecule has 1 atom stereocenters. The molecule has 0 saturated heterocycles. The summed E-state index contributed by atoms with van der Waals surface area (Å²) in [6.07, 6.45) is -0.817. The Morgan fingerprint density at radius 2 is 1.76 bits per heavy atom. The van der Waals surface area contributed by atoms with Crippen molar-refractivity contribution in [2.24, 2.45) is 5.92 Å². The fraction of sp³-hybridized carbons (Fsp3) is 0.294. The highest BCUT2D eigenvalue weighted by Gasteiger charge is 2.23. The lowest BCUT2D eigenvalue weighted by Crippen LogP contribution is -2.26. The summed E-state index contributed by atoms with van der Waals surface area (Å²) in [5, 5.41) is 10.7. The molecule has 0 heterocycles. The molecule has 0 bridgehead atoms. The largest absolute Gasteiger partial charge is 0.481 e. The second-order valence-electron chi connectivity index (χ2n) is 5.31. The molecule has 0 amide bonds. The quantitative estimate of drug-likeness (QED) is 0.854. The number of benzene rings is 2. The first-order chi connectivity index (χ1) is 9.99. The van der Waals surface area contributed by atoms with E-state index in [0.29, 0.717) is 5.56 Å². The summed E-state index contributed by atoms with van der Waals surface area (Å²) in [7, 11) is 0. The van der Waals surface area contributed by atoms with Crippen LogP contribution in [-0.4, -0.2) is 23.1 Å². The van der Waals surface area contributed by atoms with Crippen molar-refractivity contribution in [3.63, 3.8) is 0 Å². The summed E-state index contributed by atoms with van der Waals surface area (Å²) in [6, 6.07) is 12.9. The summed E-state index contributed by atoms with van der Waals surface area (Å²) in [6.45, 7) is 3.67. The second kappa shape index (κ2) is 6.39. The molecule has 110 valence electrons. The van der Waals surface area contributed by atoms with E-state index in [2.05, 4.69) is 0 Å². The van der Waals surface area contributed by atoms with Gasteiger partial charge in [0, 0.05) is 0 Å². The first-order valence-corrected chi connectivity index (χ1v) is 6.89. The van der Waals surface area contributed by atoms with Crippen LogP contribution in [0.2, 0.25) is 0 Å². The van der Waals surface area contributed by atoms with Crippen LogP contribution in [0.5, 0.6) is 0 Å².